The van der Waals surface area contributed by atoms with Gasteiger partial charge in [-0.05, 0) is 24.5 Å². The maximum atomic E-state index is 13.4. The molecular formula is C14H18F2N2O2. The highest BCUT2D eigenvalue weighted by Gasteiger charge is 2.25. The predicted octanol–water partition coefficient (Wildman–Crippen LogP) is 1.61. The number of nitrogens with one attached hydrogen (secondary N) is 1. The van der Waals surface area contributed by atoms with E-state index >= 15 is 0 Å². The van der Waals surface area contributed by atoms with Gasteiger partial charge in [-0.2, -0.15) is 0 Å². The van der Waals surface area contributed by atoms with Crippen molar-refractivity contribution in [3.05, 3.63) is 29.8 Å². The number of rotatable bonds is 3. The minimum Gasteiger partial charge on any atom is -0.393 e. The number of aliphatic hydroxyl groups is 1. The summed E-state index contributed by atoms with van der Waals surface area (Å²) in [5, 5.41) is 11.9. The molecule has 0 aliphatic carbocycles. The number of carbonyl (C=O) groups is 1. The van der Waals surface area contributed by atoms with E-state index in [0.29, 0.717) is 19.5 Å². The van der Waals surface area contributed by atoms with Crippen LogP contribution in [0.5, 0.6) is 0 Å². The van der Waals surface area contributed by atoms with Gasteiger partial charge in [-0.15, -0.1) is 0 Å². The summed E-state index contributed by atoms with van der Waals surface area (Å²) >= 11 is 0. The third-order valence-corrected chi connectivity index (χ3v) is 3.54. The molecule has 1 fully saturated rings. The molecule has 0 radical (unpaired) electrons. The van der Waals surface area contributed by atoms with Crippen LogP contribution in [-0.4, -0.2) is 41.7 Å². The van der Waals surface area contributed by atoms with Crippen molar-refractivity contribution < 1.29 is 18.7 Å². The molecule has 6 heteroatoms. The number of likely N-dealkylation sites (tertiary alicyclic amines) is 1. The first kappa shape index (κ1) is 14.9. The Morgan fingerprint density at radius 1 is 1.45 bits per heavy atom. The third kappa shape index (κ3) is 3.52. The average molecular weight is 284 g/mol. The zero-order valence-electron chi connectivity index (χ0n) is 11.3. The minimum absolute atomic E-state index is 0.0604. The fourth-order valence-corrected chi connectivity index (χ4v) is 2.36. The van der Waals surface area contributed by atoms with Crippen LogP contribution in [0.15, 0.2) is 18.2 Å². The molecule has 2 N–H and O–H groups in total. The second-order valence-corrected chi connectivity index (χ2v) is 5.21. The van der Waals surface area contributed by atoms with E-state index in [1.54, 1.807) is 0 Å². The minimum atomic E-state index is -0.791. The van der Waals surface area contributed by atoms with Gasteiger partial charge in [-0.25, -0.2) is 8.78 Å². The molecule has 0 spiro atoms. The summed E-state index contributed by atoms with van der Waals surface area (Å²) in [6.07, 6.45) is 0.251. The maximum Gasteiger partial charge on any atom is 0.238 e. The lowest BCUT2D eigenvalue weighted by molar-refractivity contribution is -0.118. The molecule has 1 aliphatic rings. The van der Waals surface area contributed by atoms with Crippen LogP contribution in [0.3, 0.4) is 0 Å². The number of nitrogens with zero attached hydrogens (tertiary/aromatic N) is 1. The lowest BCUT2D eigenvalue weighted by Crippen LogP contribution is -2.45. The normalized spacial score (nSPS) is 23.6. The molecular weight excluding hydrogens is 266 g/mol. The van der Waals surface area contributed by atoms with Gasteiger partial charge in [0, 0.05) is 13.1 Å². The smallest absolute Gasteiger partial charge is 0.238 e. The van der Waals surface area contributed by atoms with E-state index in [9.17, 15) is 18.7 Å². The molecule has 1 heterocycles. The van der Waals surface area contributed by atoms with Crippen molar-refractivity contribution in [1.82, 2.24) is 4.90 Å². The molecule has 1 amide bonds. The Balaban J connectivity index is 1.93. The van der Waals surface area contributed by atoms with Crippen molar-refractivity contribution >= 4 is 11.6 Å². The number of piperidine rings is 1. The summed E-state index contributed by atoms with van der Waals surface area (Å²) in [5.74, 6) is -1.96. The number of carbonyl (C=O) groups excluding carboxylic acids is 1. The second-order valence-electron chi connectivity index (χ2n) is 5.21. The highest BCUT2D eigenvalue weighted by molar-refractivity contribution is 5.92. The number of hydrogen-bond acceptors (Lipinski definition) is 3. The first-order valence-corrected chi connectivity index (χ1v) is 6.61. The van der Waals surface area contributed by atoms with E-state index in [-0.39, 0.29) is 18.6 Å². The SMILES string of the molecule is CC1CN(CC(=O)Nc2c(F)cccc2F)CCC1O. The number of benzene rings is 1. The van der Waals surface area contributed by atoms with E-state index in [2.05, 4.69) is 5.32 Å². The highest BCUT2D eigenvalue weighted by Crippen LogP contribution is 2.19. The van der Waals surface area contributed by atoms with Crippen molar-refractivity contribution in [3.63, 3.8) is 0 Å². The molecule has 4 nitrogen and oxygen atoms in total. The van der Waals surface area contributed by atoms with Crippen LogP contribution in [0.25, 0.3) is 0 Å². The van der Waals surface area contributed by atoms with Crippen LogP contribution in [-0.2, 0) is 4.79 Å². The van der Waals surface area contributed by atoms with Crippen molar-refractivity contribution in [2.24, 2.45) is 5.92 Å². The summed E-state index contributed by atoms with van der Waals surface area (Å²) in [6, 6.07) is 3.43. The number of halogens is 2. The Bertz CT molecular complexity index is 476. The Morgan fingerprint density at radius 3 is 2.70 bits per heavy atom. The highest BCUT2D eigenvalue weighted by atomic mass is 19.1. The first-order chi connectivity index (χ1) is 9.47. The van der Waals surface area contributed by atoms with Crippen molar-refractivity contribution in [2.45, 2.75) is 19.4 Å². The maximum absolute atomic E-state index is 13.4. The third-order valence-electron chi connectivity index (χ3n) is 3.54. The van der Waals surface area contributed by atoms with Crippen LogP contribution in [0.2, 0.25) is 0 Å². The van der Waals surface area contributed by atoms with Gasteiger partial charge in [0.2, 0.25) is 5.91 Å². The molecule has 1 aliphatic heterocycles. The fraction of sp³-hybridized carbons (Fsp3) is 0.500. The number of aliphatic hydroxyl groups excluding tert-OH is 1. The molecule has 1 aromatic rings. The van der Waals surface area contributed by atoms with Gasteiger partial charge in [-0.3, -0.25) is 9.69 Å². The number of amides is 1. The van der Waals surface area contributed by atoms with Gasteiger partial charge in [0.05, 0.1) is 12.6 Å². The summed E-state index contributed by atoms with van der Waals surface area (Å²) in [7, 11) is 0. The zero-order valence-corrected chi connectivity index (χ0v) is 11.3. The summed E-state index contributed by atoms with van der Waals surface area (Å²) < 4.78 is 26.8. The summed E-state index contributed by atoms with van der Waals surface area (Å²) in [4.78, 5) is 13.7. The van der Waals surface area contributed by atoms with Gasteiger partial charge < -0.3 is 10.4 Å². The van der Waals surface area contributed by atoms with Crippen molar-refractivity contribution in [1.29, 1.82) is 0 Å². The van der Waals surface area contributed by atoms with Crippen molar-refractivity contribution in [3.8, 4) is 0 Å². The number of anilines is 1. The molecule has 1 aromatic carbocycles. The van der Waals surface area contributed by atoms with Crippen LogP contribution in [0, 0.1) is 17.6 Å². The van der Waals surface area contributed by atoms with E-state index < -0.39 is 23.2 Å². The van der Waals surface area contributed by atoms with E-state index in [0.717, 1.165) is 12.1 Å². The average Bonchev–Trinajstić information content (AvgIpc) is 2.38. The Labute approximate surface area is 116 Å². The second kappa shape index (κ2) is 6.28. The standard InChI is InChI=1S/C14H18F2N2O2/c1-9-7-18(6-5-12(9)19)8-13(20)17-14-10(15)3-2-4-11(14)16/h2-4,9,12,19H,5-8H2,1H3,(H,17,20). The van der Waals surface area contributed by atoms with E-state index in [1.165, 1.54) is 6.07 Å². The van der Waals surface area contributed by atoms with E-state index in [4.69, 9.17) is 0 Å². The molecule has 20 heavy (non-hydrogen) atoms. The van der Waals surface area contributed by atoms with Crippen LogP contribution >= 0.6 is 0 Å². The molecule has 0 bridgehead atoms. The zero-order chi connectivity index (χ0) is 14.7. The van der Waals surface area contributed by atoms with Crippen molar-refractivity contribution in [2.75, 3.05) is 25.0 Å². The summed E-state index contributed by atoms with van der Waals surface area (Å²) in [5.41, 5.74) is -0.414. The monoisotopic (exact) mass is 284 g/mol. The van der Waals surface area contributed by atoms with Gasteiger partial charge in [0.1, 0.15) is 17.3 Å². The van der Waals surface area contributed by atoms with Gasteiger partial charge in [-0.1, -0.05) is 13.0 Å². The largest absolute Gasteiger partial charge is 0.393 e. The number of hydrogen-bond donors (Lipinski definition) is 2. The fourth-order valence-electron chi connectivity index (χ4n) is 2.36. The van der Waals surface area contributed by atoms with Crippen LogP contribution < -0.4 is 5.32 Å². The van der Waals surface area contributed by atoms with Gasteiger partial charge in [0.15, 0.2) is 0 Å². The quantitative estimate of drug-likeness (QED) is 0.886. The molecule has 0 saturated carbocycles. The van der Waals surface area contributed by atoms with Crippen LogP contribution in [0.1, 0.15) is 13.3 Å². The van der Waals surface area contributed by atoms with Gasteiger partial charge >= 0.3 is 0 Å². The molecule has 110 valence electrons. The first-order valence-electron chi connectivity index (χ1n) is 6.61. The summed E-state index contributed by atoms with van der Waals surface area (Å²) in [6.45, 7) is 3.16. The Morgan fingerprint density at radius 2 is 2.10 bits per heavy atom. The Hall–Kier alpha value is -1.53. The molecule has 2 rings (SSSR count). The predicted molar refractivity (Wildman–Crippen MR) is 71.2 cm³/mol. The lowest BCUT2D eigenvalue weighted by atomic mass is 9.97. The molecule has 2 atom stereocenters. The topological polar surface area (TPSA) is 52.6 Å². The number of para-hydroxylation sites is 1. The molecule has 2 unspecified atom stereocenters. The molecule has 1 saturated heterocycles. The van der Waals surface area contributed by atoms with Crippen LogP contribution in [0.4, 0.5) is 14.5 Å². The molecule has 0 aromatic heterocycles. The lowest BCUT2D eigenvalue weighted by Gasteiger charge is -2.33. The Kier molecular flexibility index (Phi) is 4.67. The van der Waals surface area contributed by atoms with E-state index in [1.807, 2.05) is 11.8 Å². The van der Waals surface area contributed by atoms with Gasteiger partial charge in [0.25, 0.3) is 0 Å².